The van der Waals surface area contributed by atoms with Crippen molar-refractivity contribution in [3.8, 4) is 0 Å². The Bertz CT molecular complexity index is 945. The smallest absolute Gasteiger partial charge is 0.336 e. The number of ether oxygens (including phenoxy) is 1. The molecule has 0 spiro atoms. The predicted octanol–water partition coefficient (Wildman–Crippen LogP) is 2.84. The first-order chi connectivity index (χ1) is 15.6. The number of oxime groups is 1. The molecule has 2 aliphatic heterocycles. The van der Waals surface area contributed by atoms with Crippen molar-refractivity contribution in [3.05, 3.63) is 34.3 Å². The molecule has 10 nitrogen and oxygen atoms in total. The molecule has 4 atom stereocenters. The monoisotopic (exact) mass is 479 g/mol. The van der Waals surface area contributed by atoms with Crippen molar-refractivity contribution < 1.29 is 24.0 Å². The number of benzene rings is 1. The van der Waals surface area contributed by atoms with Gasteiger partial charge in [0.2, 0.25) is 12.0 Å². The minimum absolute atomic E-state index is 0.0443. The van der Waals surface area contributed by atoms with Gasteiger partial charge in [0.05, 0.1) is 19.6 Å². The number of likely N-dealkylation sites (tertiary alicyclic amines) is 1. The van der Waals surface area contributed by atoms with Crippen LogP contribution in [0, 0.1) is 0 Å². The Morgan fingerprint density at radius 2 is 1.91 bits per heavy atom. The number of rotatable bonds is 4. The molecule has 1 unspecified atom stereocenters. The number of carbonyl (C=O) groups is 3. The van der Waals surface area contributed by atoms with Gasteiger partial charge < -0.3 is 19.4 Å². The average molecular weight is 480 g/mol. The first-order valence-electron chi connectivity index (χ1n) is 10.9. The predicted molar refractivity (Wildman–Crippen MR) is 123 cm³/mol. The maximum atomic E-state index is 13.0. The highest BCUT2D eigenvalue weighted by Gasteiger charge is 2.33. The van der Waals surface area contributed by atoms with Crippen molar-refractivity contribution in [2.45, 2.75) is 64.3 Å². The number of halogens is 1. The molecule has 2 aliphatic rings. The Morgan fingerprint density at radius 1 is 1.24 bits per heavy atom. The van der Waals surface area contributed by atoms with E-state index in [0.29, 0.717) is 22.0 Å². The van der Waals surface area contributed by atoms with Gasteiger partial charge in [0.15, 0.2) is 0 Å². The molecule has 0 aromatic heterocycles. The largest absolute Gasteiger partial charge is 0.482 e. The van der Waals surface area contributed by atoms with E-state index in [4.69, 9.17) is 21.2 Å². The van der Waals surface area contributed by atoms with Crippen LogP contribution in [0.15, 0.2) is 23.4 Å². The number of nitrogens with one attached hydrogen (secondary N) is 2. The SMILES string of the molecule is COC1=NOC(C(=O)NNC(=O)N(C)[C@H](C)c2ccc(C(=O)N3[C@H](C)CC[C@@H]3C)cc2Cl)C1. The third-order valence-electron chi connectivity index (χ3n) is 6.25. The summed E-state index contributed by atoms with van der Waals surface area (Å²) in [6.07, 6.45) is 1.28. The summed E-state index contributed by atoms with van der Waals surface area (Å²) in [6, 6.07) is 4.55. The van der Waals surface area contributed by atoms with E-state index in [0.717, 1.165) is 12.8 Å². The maximum Gasteiger partial charge on any atom is 0.336 e. The third kappa shape index (κ3) is 5.32. The van der Waals surface area contributed by atoms with E-state index in [-0.39, 0.29) is 24.4 Å². The molecular weight excluding hydrogens is 450 g/mol. The Morgan fingerprint density at radius 3 is 2.48 bits per heavy atom. The van der Waals surface area contributed by atoms with Crippen LogP contribution >= 0.6 is 11.6 Å². The molecule has 1 saturated heterocycles. The van der Waals surface area contributed by atoms with Crippen LogP contribution in [0.5, 0.6) is 0 Å². The number of amides is 4. The molecule has 3 rings (SSSR count). The molecule has 4 amide bonds. The normalized spacial score (nSPS) is 22.8. The van der Waals surface area contributed by atoms with E-state index in [1.54, 1.807) is 32.2 Å². The van der Waals surface area contributed by atoms with E-state index >= 15 is 0 Å². The van der Waals surface area contributed by atoms with Crippen molar-refractivity contribution in [2.24, 2.45) is 5.16 Å². The molecule has 2 heterocycles. The van der Waals surface area contributed by atoms with Gasteiger partial charge in [-0.25, -0.2) is 10.2 Å². The first-order valence-corrected chi connectivity index (χ1v) is 11.2. The summed E-state index contributed by atoms with van der Waals surface area (Å²) in [5.74, 6) is -0.291. The molecular formula is C22H30ClN5O5. The molecule has 0 radical (unpaired) electrons. The summed E-state index contributed by atoms with van der Waals surface area (Å²) in [5, 5.41) is 4.01. The molecule has 180 valence electrons. The molecule has 1 fully saturated rings. The Kier molecular flexibility index (Phi) is 7.68. The van der Waals surface area contributed by atoms with Crippen LogP contribution in [0.4, 0.5) is 4.79 Å². The lowest BCUT2D eigenvalue weighted by Crippen LogP contribution is -2.51. The topological polar surface area (TPSA) is 113 Å². The highest BCUT2D eigenvalue weighted by molar-refractivity contribution is 6.31. The van der Waals surface area contributed by atoms with E-state index in [1.165, 1.54) is 12.0 Å². The first kappa shape index (κ1) is 24.6. The lowest BCUT2D eigenvalue weighted by Gasteiger charge is -2.28. The molecule has 1 aromatic rings. The lowest BCUT2D eigenvalue weighted by molar-refractivity contribution is -0.132. The van der Waals surface area contributed by atoms with E-state index in [1.807, 2.05) is 18.7 Å². The molecule has 1 aromatic carbocycles. The number of urea groups is 1. The van der Waals surface area contributed by atoms with Crippen LogP contribution in [0.25, 0.3) is 0 Å². The second-order valence-electron chi connectivity index (χ2n) is 8.42. The van der Waals surface area contributed by atoms with Gasteiger partial charge in [-0.05, 0) is 51.3 Å². The molecule has 11 heteroatoms. The van der Waals surface area contributed by atoms with Crippen molar-refractivity contribution >= 4 is 35.3 Å². The second kappa shape index (κ2) is 10.3. The zero-order chi connectivity index (χ0) is 24.3. The zero-order valence-corrected chi connectivity index (χ0v) is 20.2. The number of hydrogen-bond acceptors (Lipinski definition) is 6. The van der Waals surface area contributed by atoms with Crippen LogP contribution in [-0.2, 0) is 14.4 Å². The highest BCUT2D eigenvalue weighted by Crippen LogP contribution is 2.30. The summed E-state index contributed by atoms with van der Waals surface area (Å²) < 4.78 is 4.92. The number of carbonyl (C=O) groups excluding carboxylic acids is 3. The fourth-order valence-electron chi connectivity index (χ4n) is 4.03. The lowest BCUT2D eigenvalue weighted by atomic mass is 10.0. The molecule has 33 heavy (non-hydrogen) atoms. The van der Waals surface area contributed by atoms with Gasteiger partial charge in [-0.15, -0.1) is 0 Å². The number of hydrogen-bond donors (Lipinski definition) is 2. The number of hydrazine groups is 1. The van der Waals surface area contributed by atoms with Crippen molar-refractivity contribution in [1.29, 1.82) is 0 Å². The van der Waals surface area contributed by atoms with E-state index in [2.05, 4.69) is 16.0 Å². The Balaban J connectivity index is 1.59. The number of methoxy groups -OCH3 is 1. The minimum atomic E-state index is -0.872. The minimum Gasteiger partial charge on any atom is -0.482 e. The number of nitrogens with zero attached hydrogens (tertiary/aromatic N) is 3. The van der Waals surface area contributed by atoms with Crippen molar-refractivity contribution in [2.75, 3.05) is 14.2 Å². The summed E-state index contributed by atoms with van der Waals surface area (Å²) in [4.78, 5) is 45.9. The fraction of sp³-hybridized carbons (Fsp3) is 0.545. The van der Waals surface area contributed by atoms with Gasteiger partial charge in [0.25, 0.3) is 11.8 Å². The molecule has 0 saturated carbocycles. The van der Waals surface area contributed by atoms with Crippen LogP contribution in [0.2, 0.25) is 5.02 Å². The van der Waals surface area contributed by atoms with Crippen molar-refractivity contribution in [1.82, 2.24) is 20.7 Å². The van der Waals surface area contributed by atoms with Crippen molar-refractivity contribution in [3.63, 3.8) is 0 Å². The summed E-state index contributed by atoms with van der Waals surface area (Å²) in [7, 11) is 3.01. The Labute approximate surface area is 198 Å². The maximum absolute atomic E-state index is 13.0. The Hall–Kier alpha value is -3.01. The quantitative estimate of drug-likeness (QED) is 0.645. The highest BCUT2D eigenvalue weighted by atomic mass is 35.5. The molecule has 0 aliphatic carbocycles. The van der Waals surface area contributed by atoms with Crippen LogP contribution in [-0.4, -0.2) is 65.9 Å². The summed E-state index contributed by atoms with van der Waals surface area (Å²) >= 11 is 6.50. The fourth-order valence-corrected chi connectivity index (χ4v) is 4.37. The third-order valence-corrected chi connectivity index (χ3v) is 6.58. The summed E-state index contributed by atoms with van der Waals surface area (Å²) in [5.41, 5.74) is 5.86. The second-order valence-corrected chi connectivity index (χ2v) is 8.82. The van der Waals surface area contributed by atoms with Gasteiger partial charge in [0, 0.05) is 29.7 Å². The standard InChI is InChI=1S/C22H30ClN5O5/c1-12-6-7-13(2)28(12)21(30)15-8-9-16(17(23)10-15)14(3)27(4)22(31)25-24-20(29)18-11-19(32-5)26-33-18/h8-10,12-14,18H,6-7,11H2,1-5H3,(H,24,29)(H,25,31)/t12-,13+,14-,18?/m1/s1. The van der Waals surface area contributed by atoms with Crippen LogP contribution in [0.3, 0.4) is 0 Å². The van der Waals surface area contributed by atoms with Gasteiger partial charge in [-0.3, -0.25) is 15.0 Å². The van der Waals surface area contributed by atoms with E-state index < -0.39 is 24.1 Å². The van der Waals surface area contributed by atoms with E-state index in [9.17, 15) is 14.4 Å². The van der Waals surface area contributed by atoms with Gasteiger partial charge in [0.1, 0.15) is 0 Å². The van der Waals surface area contributed by atoms with Gasteiger partial charge >= 0.3 is 6.03 Å². The van der Waals surface area contributed by atoms with Crippen LogP contribution < -0.4 is 10.9 Å². The summed E-state index contributed by atoms with van der Waals surface area (Å²) in [6.45, 7) is 5.90. The average Bonchev–Trinajstić information content (AvgIpc) is 3.42. The van der Waals surface area contributed by atoms with Gasteiger partial charge in [-0.1, -0.05) is 22.8 Å². The molecule has 0 bridgehead atoms. The zero-order valence-electron chi connectivity index (χ0n) is 19.4. The van der Waals surface area contributed by atoms with Gasteiger partial charge in [-0.2, -0.15) is 0 Å². The van der Waals surface area contributed by atoms with Crippen LogP contribution in [0.1, 0.15) is 62.0 Å². The molecule has 2 N–H and O–H groups in total.